The second-order valence-electron chi connectivity index (χ2n) is 3.35. The van der Waals surface area contributed by atoms with Gasteiger partial charge >= 0.3 is 99.1 Å². The van der Waals surface area contributed by atoms with Gasteiger partial charge in [-0.05, 0) is 0 Å². The Labute approximate surface area is 98.7 Å². The molecule has 0 spiro atoms. The predicted molar refractivity (Wildman–Crippen MR) is 61.6 cm³/mol. The van der Waals surface area contributed by atoms with Crippen molar-refractivity contribution in [1.82, 2.24) is 0 Å². The van der Waals surface area contributed by atoms with E-state index >= 15 is 0 Å². The van der Waals surface area contributed by atoms with Gasteiger partial charge in [0.05, 0.1) is 0 Å². The third-order valence-electron chi connectivity index (χ3n) is 1.70. The number of rotatable bonds is 3. The van der Waals surface area contributed by atoms with Gasteiger partial charge in [-0.1, -0.05) is 0 Å². The van der Waals surface area contributed by atoms with E-state index in [1.54, 1.807) is 0 Å². The molecule has 0 aromatic heterocycles. The summed E-state index contributed by atoms with van der Waals surface area (Å²) < 4.78 is 1.99. The van der Waals surface area contributed by atoms with Gasteiger partial charge in [-0.3, -0.25) is 0 Å². The van der Waals surface area contributed by atoms with E-state index in [0.717, 1.165) is 5.56 Å². The van der Waals surface area contributed by atoms with Crippen LogP contribution in [0.1, 0.15) is 25.0 Å². The molecule has 1 aromatic carbocycles. The molecule has 0 atom stereocenters. The van der Waals surface area contributed by atoms with E-state index in [4.69, 9.17) is 19.4 Å². The van der Waals surface area contributed by atoms with Crippen molar-refractivity contribution in [3.05, 3.63) is 41.8 Å². The molecule has 0 saturated carbocycles. The summed E-state index contributed by atoms with van der Waals surface area (Å²) in [6, 6.07) is 8.19. The van der Waals surface area contributed by atoms with Gasteiger partial charge in [0.2, 0.25) is 0 Å². The average molecular weight is 317 g/mol. The van der Waals surface area contributed by atoms with Crippen molar-refractivity contribution in [3.63, 3.8) is 0 Å². The average Bonchev–Trinajstić information content (AvgIpc) is 2.06. The van der Waals surface area contributed by atoms with Crippen LogP contribution < -0.4 is 0 Å². The monoisotopic (exact) mass is 317 g/mol. The molecule has 78 valence electrons. The molecule has 3 heteroatoms. The molecule has 0 aliphatic carbocycles. The third kappa shape index (κ3) is 4.13. The Hall–Kier alpha value is 0.163. The normalized spacial score (nSPS) is 11.4. The van der Waals surface area contributed by atoms with Gasteiger partial charge in [0.1, 0.15) is 0 Å². The van der Waals surface area contributed by atoms with E-state index in [1.165, 1.54) is 5.56 Å². The summed E-state index contributed by atoms with van der Waals surface area (Å²) in [4.78, 5) is 0. The standard InChI is InChI=1S/C11H13.2ClH.Ru/c1-9(2)8-11-7-5-4-6-10(11)3;;;/h3-9H,1-2H3;2*1H;/q+1;;;+2/p-2. The SMILES string of the molecule is CC(C)[CH+]c1ccccc1[CH]=[Ru]([Cl])[Cl]. The maximum absolute atomic E-state index is 5.86. The van der Waals surface area contributed by atoms with Crippen LogP contribution in [-0.2, 0) is 13.5 Å². The summed E-state index contributed by atoms with van der Waals surface area (Å²) in [6.45, 7) is 4.32. The molecule has 1 rings (SSSR count). The molecule has 0 heterocycles. The van der Waals surface area contributed by atoms with E-state index in [9.17, 15) is 0 Å². The van der Waals surface area contributed by atoms with Gasteiger partial charge in [0, 0.05) is 0 Å². The van der Waals surface area contributed by atoms with Crippen LogP contribution in [-0.4, -0.2) is 4.61 Å². The molecular formula is C11H13Cl2Ru+. The van der Waals surface area contributed by atoms with Crippen molar-refractivity contribution in [2.75, 3.05) is 0 Å². The molecule has 0 N–H and O–H groups in total. The van der Waals surface area contributed by atoms with Crippen LogP contribution in [0.25, 0.3) is 0 Å². The second-order valence-corrected chi connectivity index (χ2v) is 9.07. The van der Waals surface area contributed by atoms with Crippen LogP contribution in [0.5, 0.6) is 0 Å². The summed E-state index contributed by atoms with van der Waals surface area (Å²) in [5.41, 5.74) is 2.38. The zero-order chi connectivity index (χ0) is 10.6. The van der Waals surface area contributed by atoms with E-state index in [2.05, 4.69) is 32.4 Å². The van der Waals surface area contributed by atoms with Crippen molar-refractivity contribution in [2.45, 2.75) is 13.8 Å². The fourth-order valence-electron chi connectivity index (χ4n) is 1.20. The molecule has 0 amide bonds. The van der Waals surface area contributed by atoms with Crippen LogP contribution in [0.15, 0.2) is 24.3 Å². The van der Waals surface area contributed by atoms with Crippen LogP contribution in [0, 0.1) is 12.3 Å². The van der Waals surface area contributed by atoms with Crippen LogP contribution in [0.2, 0.25) is 0 Å². The Balaban J connectivity index is 2.97. The summed E-state index contributed by atoms with van der Waals surface area (Å²) >= 11 is -1.71. The van der Waals surface area contributed by atoms with Gasteiger partial charge in [-0.15, -0.1) is 0 Å². The van der Waals surface area contributed by atoms with Gasteiger partial charge in [-0.25, -0.2) is 0 Å². The fourth-order valence-corrected chi connectivity index (χ4v) is 3.05. The van der Waals surface area contributed by atoms with Gasteiger partial charge in [0.15, 0.2) is 0 Å². The molecule has 0 aliphatic heterocycles. The van der Waals surface area contributed by atoms with E-state index in [1.807, 2.05) is 16.7 Å². The Morgan fingerprint density at radius 3 is 2.50 bits per heavy atom. The van der Waals surface area contributed by atoms with Gasteiger partial charge in [0.25, 0.3) is 0 Å². The van der Waals surface area contributed by atoms with Gasteiger partial charge in [-0.2, -0.15) is 0 Å². The summed E-state index contributed by atoms with van der Waals surface area (Å²) in [7, 11) is 11.7. The first-order chi connectivity index (χ1) is 6.59. The Morgan fingerprint density at radius 1 is 1.29 bits per heavy atom. The molecule has 0 saturated heterocycles. The number of halogens is 2. The minimum absolute atomic E-state index is 0.538. The number of hydrogen-bond donors (Lipinski definition) is 0. The summed E-state index contributed by atoms with van der Waals surface area (Å²) in [5.74, 6) is 0.538. The zero-order valence-corrected chi connectivity index (χ0v) is 11.4. The molecular weight excluding hydrogens is 304 g/mol. The van der Waals surface area contributed by atoms with Crippen molar-refractivity contribution in [3.8, 4) is 0 Å². The van der Waals surface area contributed by atoms with E-state index in [-0.39, 0.29) is 0 Å². The first-order valence-corrected chi connectivity index (χ1v) is 9.84. The summed E-state index contributed by atoms with van der Waals surface area (Å²) in [6.07, 6.45) is 2.22. The predicted octanol–water partition coefficient (Wildman–Crippen LogP) is 3.97. The topological polar surface area (TPSA) is 0 Å². The van der Waals surface area contributed by atoms with Gasteiger partial charge < -0.3 is 0 Å². The minimum atomic E-state index is -1.71. The van der Waals surface area contributed by atoms with Crippen molar-refractivity contribution in [1.29, 1.82) is 0 Å². The van der Waals surface area contributed by atoms with Crippen LogP contribution in [0.3, 0.4) is 0 Å². The molecule has 0 fully saturated rings. The molecule has 14 heavy (non-hydrogen) atoms. The van der Waals surface area contributed by atoms with E-state index in [0.29, 0.717) is 5.92 Å². The first-order valence-electron chi connectivity index (χ1n) is 4.36. The molecule has 0 bridgehead atoms. The molecule has 0 nitrogen and oxygen atoms in total. The molecule has 0 radical (unpaired) electrons. The third-order valence-corrected chi connectivity index (χ3v) is 3.53. The van der Waals surface area contributed by atoms with Crippen molar-refractivity contribution >= 4 is 24.0 Å². The van der Waals surface area contributed by atoms with Crippen LogP contribution >= 0.6 is 19.4 Å². The molecule has 1 aromatic rings. The first kappa shape index (κ1) is 12.2. The fraction of sp³-hybridized carbons (Fsp3) is 0.273. The Morgan fingerprint density at radius 2 is 1.93 bits per heavy atom. The second kappa shape index (κ2) is 5.90. The molecule has 0 aliphatic rings. The quantitative estimate of drug-likeness (QED) is 0.584. The van der Waals surface area contributed by atoms with Crippen LogP contribution in [0.4, 0.5) is 0 Å². The zero-order valence-electron chi connectivity index (χ0n) is 8.15. The number of benzene rings is 1. The maximum atomic E-state index is 5.86. The Bertz CT molecular complexity index is 328. The van der Waals surface area contributed by atoms with Crippen molar-refractivity contribution < 1.29 is 13.5 Å². The molecule has 0 unspecified atom stereocenters. The van der Waals surface area contributed by atoms with Crippen molar-refractivity contribution in [2.24, 2.45) is 5.92 Å². The summed E-state index contributed by atoms with van der Waals surface area (Å²) in [5, 5.41) is 0. The Kier molecular flexibility index (Phi) is 5.16. The van der Waals surface area contributed by atoms with E-state index < -0.39 is 13.5 Å². The number of hydrogen-bond acceptors (Lipinski definition) is 0.